The maximum atomic E-state index is 13.3. The fraction of sp³-hybridized carbons (Fsp3) is 0.731. The third-order valence-corrected chi connectivity index (χ3v) is 6.89. The van der Waals surface area contributed by atoms with Crippen molar-refractivity contribution in [1.29, 1.82) is 0 Å². The van der Waals surface area contributed by atoms with Crippen molar-refractivity contribution in [3.05, 3.63) is 11.6 Å². The highest BCUT2D eigenvalue weighted by molar-refractivity contribution is 5.99. The number of rotatable bonds is 16. The van der Waals surface area contributed by atoms with Crippen LogP contribution in [0.5, 0.6) is 0 Å². The summed E-state index contributed by atoms with van der Waals surface area (Å²) in [6.07, 6.45) is 10.3. The highest BCUT2D eigenvalue weighted by Crippen LogP contribution is 2.43. The fourth-order valence-corrected chi connectivity index (χ4v) is 4.82. The number of nitrogens with one attached hydrogen (secondary N) is 2. The second-order valence-corrected chi connectivity index (χ2v) is 9.66. The number of carbonyl (C=O) groups is 3. The van der Waals surface area contributed by atoms with E-state index in [0.29, 0.717) is 58.0 Å². The summed E-state index contributed by atoms with van der Waals surface area (Å²) in [5.41, 5.74) is -0.0177. The van der Waals surface area contributed by atoms with E-state index in [2.05, 4.69) is 33.7 Å². The van der Waals surface area contributed by atoms with Crippen LogP contribution in [0.15, 0.2) is 21.9 Å². The van der Waals surface area contributed by atoms with Crippen molar-refractivity contribution in [3.63, 3.8) is 0 Å². The van der Waals surface area contributed by atoms with Gasteiger partial charge in [-0.1, -0.05) is 18.9 Å². The van der Waals surface area contributed by atoms with Gasteiger partial charge in [0.15, 0.2) is 5.66 Å². The molecule has 0 spiro atoms. The van der Waals surface area contributed by atoms with E-state index in [1.807, 2.05) is 13.0 Å². The first-order valence-electron chi connectivity index (χ1n) is 12.8. The molecule has 0 unspecified atom stereocenters. The molecule has 10 nitrogen and oxygen atoms in total. The Balaban J connectivity index is 1.45. The highest BCUT2D eigenvalue weighted by Gasteiger charge is 2.44. The second kappa shape index (κ2) is 13.6. The Morgan fingerprint density at radius 1 is 1.17 bits per heavy atom. The van der Waals surface area contributed by atoms with E-state index in [0.717, 1.165) is 12.8 Å². The average molecular weight is 503 g/mol. The Morgan fingerprint density at radius 3 is 2.53 bits per heavy atom. The van der Waals surface area contributed by atoms with E-state index in [1.54, 1.807) is 0 Å². The molecule has 1 fully saturated rings. The smallest absolute Gasteiger partial charge is 0.247 e. The molecule has 0 radical (unpaired) electrons. The number of ether oxygens (including phenoxy) is 3. The average Bonchev–Trinajstić information content (AvgIpc) is 3.49. The number of ketones is 1. The van der Waals surface area contributed by atoms with Crippen molar-refractivity contribution in [2.24, 2.45) is 28.0 Å². The van der Waals surface area contributed by atoms with E-state index in [4.69, 9.17) is 20.6 Å². The van der Waals surface area contributed by atoms with Gasteiger partial charge < -0.3 is 24.8 Å². The number of carbonyl (C=O) groups excluding carboxylic acids is 3. The van der Waals surface area contributed by atoms with Crippen LogP contribution >= 0.6 is 0 Å². The summed E-state index contributed by atoms with van der Waals surface area (Å²) >= 11 is 0. The van der Waals surface area contributed by atoms with Crippen LogP contribution in [0.1, 0.15) is 46.0 Å². The Kier molecular flexibility index (Phi) is 10.6. The molecule has 2 N–H and O–H groups in total. The number of terminal acetylenes is 1. The second-order valence-electron chi connectivity index (χ2n) is 9.66. The lowest BCUT2D eigenvalue weighted by Crippen LogP contribution is -2.50. The van der Waals surface area contributed by atoms with Crippen LogP contribution in [0.25, 0.3) is 0 Å². The summed E-state index contributed by atoms with van der Waals surface area (Å²) in [4.78, 5) is 38.6. The van der Waals surface area contributed by atoms with Gasteiger partial charge in [0.1, 0.15) is 18.4 Å². The van der Waals surface area contributed by atoms with Gasteiger partial charge >= 0.3 is 0 Å². The van der Waals surface area contributed by atoms with Gasteiger partial charge in [-0.2, -0.15) is 10.2 Å². The molecule has 4 atom stereocenters. The third kappa shape index (κ3) is 8.22. The number of fused-ring (bicyclic) bond motifs is 1. The van der Waals surface area contributed by atoms with E-state index >= 15 is 0 Å². The molecule has 0 saturated heterocycles. The molecule has 3 aliphatic rings. The van der Waals surface area contributed by atoms with E-state index in [-0.39, 0.29) is 48.4 Å². The molecular weight excluding hydrogens is 464 g/mol. The lowest BCUT2D eigenvalue weighted by molar-refractivity contribution is -0.128. The van der Waals surface area contributed by atoms with Crippen LogP contribution in [0, 0.1) is 30.1 Å². The van der Waals surface area contributed by atoms with Crippen molar-refractivity contribution in [2.45, 2.75) is 57.7 Å². The lowest BCUT2D eigenvalue weighted by Gasteiger charge is -2.31. The highest BCUT2D eigenvalue weighted by atomic mass is 16.5. The molecule has 1 aliphatic heterocycles. The molecule has 3 rings (SSSR count). The quantitative estimate of drug-likeness (QED) is 0.245. The summed E-state index contributed by atoms with van der Waals surface area (Å²) in [5.74, 6) is 2.09. The SMILES string of the molecule is C#CCOCCOCCOCCNC(=O)[C@H](CC1(C)N=N1)NC(=O)C1=C[C@H](CC)C[C@@H]2C(=O)CC[C@H]12. The maximum absolute atomic E-state index is 13.3. The van der Waals surface area contributed by atoms with E-state index in [1.165, 1.54) is 0 Å². The number of amides is 2. The van der Waals surface area contributed by atoms with E-state index in [9.17, 15) is 14.4 Å². The van der Waals surface area contributed by atoms with Gasteiger partial charge in [0.05, 0.1) is 33.0 Å². The minimum Gasteiger partial charge on any atom is -0.377 e. The minimum absolute atomic E-state index is 0.0607. The molecule has 1 heterocycles. The van der Waals surface area contributed by atoms with Gasteiger partial charge in [0.25, 0.3) is 0 Å². The van der Waals surface area contributed by atoms with Crippen molar-refractivity contribution in [3.8, 4) is 12.3 Å². The summed E-state index contributed by atoms with van der Waals surface area (Å²) in [6, 6.07) is -0.790. The van der Waals surface area contributed by atoms with Crippen molar-refractivity contribution < 1.29 is 28.6 Å². The van der Waals surface area contributed by atoms with Gasteiger partial charge in [-0.25, -0.2) is 0 Å². The Labute approximate surface area is 213 Å². The van der Waals surface area contributed by atoms with Crippen LogP contribution in [-0.4, -0.2) is 75.5 Å². The first kappa shape index (κ1) is 28.0. The summed E-state index contributed by atoms with van der Waals surface area (Å²) < 4.78 is 16.0. The van der Waals surface area contributed by atoms with Crippen molar-refractivity contribution in [2.75, 3.05) is 46.2 Å². The van der Waals surface area contributed by atoms with Gasteiger partial charge in [0, 0.05) is 30.9 Å². The van der Waals surface area contributed by atoms with Crippen LogP contribution in [0.4, 0.5) is 0 Å². The zero-order valence-electron chi connectivity index (χ0n) is 21.3. The van der Waals surface area contributed by atoms with Crippen LogP contribution < -0.4 is 10.6 Å². The zero-order chi connectivity index (χ0) is 26.0. The normalized spacial score (nSPS) is 24.4. The van der Waals surface area contributed by atoms with Gasteiger partial charge in [-0.15, -0.1) is 6.42 Å². The first-order chi connectivity index (χ1) is 17.4. The van der Waals surface area contributed by atoms with Crippen LogP contribution in [-0.2, 0) is 28.6 Å². The number of hydrogen-bond donors (Lipinski definition) is 2. The van der Waals surface area contributed by atoms with Gasteiger partial charge in [-0.05, 0) is 38.0 Å². The number of Topliss-reactive ketones (excluding diaryl/α,β-unsaturated/α-hetero) is 1. The molecule has 2 aliphatic carbocycles. The van der Waals surface area contributed by atoms with Gasteiger partial charge in [-0.3, -0.25) is 14.4 Å². The molecule has 36 heavy (non-hydrogen) atoms. The first-order valence-corrected chi connectivity index (χ1v) is 12.8. The summed E-state index contributed by atoms with van der Waals surface area (Å²) in [7, 11) is 0. The predicted octanol–water partition coefficient (Wildman–Crippen LogP) is 1.79. The molecule has 0 aromatic carbocycles. The number of allylic oxidation sites excluding steroid dienone is 1. The molecule has 1 saturated carbocycles. The molecule has 0 bridgehead atoms. The maximum Gasteiger partial charge on any atom is 0.247 e. The van der Waals surface area contributed by atoms with Crippen LogP contribution in [0.2, 0.25) is 0 Å². The monoisotopic (exact) mass is 502 g/mol. The number of hydrogen-bond acceptors (Lipinski definition) is 8. The fourth-order valence-electron chi connectivity index (χ4n) is 4.82. The molecular formula is C26H38N4O6. The van der Waals surface area contributed by atoms with Gasteiger partial charge in [0.2, 0.25) is 11.8 Å². The van der Waals surface area contributed by atoms with Crippen molar-refractivity contribution >= 4 is 17.6 Å². The Bertz CT molecular complexity index is 889. The standard InChI is InChI=1S/C26H38N4O6/c1-4-9-34-11-13-36-14-12-35-10-8-27-25(33)22(17-26(3)29-30-26)28-24(32)21-16-18(5-2)15-20-19(21)6-7-23(20)31/h1,16,18-20,22H,5-15,17H2,2-3H3,(H,27,33)(H,28,32)/t18-,19+,20+,22+/m1/s1. The molecule has 0 aromatic rings. The number of nitrogens with zero attached hydrogens (tertiary/aromatic N) is 2. The topological polar surface area (TPSA) is 128 Å². The van der Waals surface area contributed by atoms with Crippen LogP contribution in [0.3, 0.4) is 0 Å². The summed E-state index contributed by atoms with van der Waals surface area (Å²) in [6.45, 7) is 6.40. The zero-order valence-corrected chi connectivity index (χ0v) is 21.3. The van der Waals surface area contributed by atoms with E-state index < -0.39 is 11.7 Å². The van der Waals surface area contributed by atoms with Crippen molar-refractivity contribution in [1.82, 2.24) is 10.6 Å². The third-order valence-electron chi connectivity index (χ3n) is 6.89. The molecule has 2 amide bonds. The Morgan fingerprint density at radius 2 is 1.86 bits per heavy atom. The molecule has 198 valence electrons. The predicted molar refractivity (Wildman–Crippen MR) is 132 cm³/mol. The largest absolute Gasteiger partial charge is 0.377 e. The molecule has 10 heteroatoms. The lowest BCUT2D eigenvalue weighted by atomic mass is 9.74. The summed E-state index contributed by atoms with van der Waals surface area (Å²) in [5, 5.41) is 13.7. The molecule has 0 aromatic heterocycles. The minimum atomic E-state index is -0.790. The Hall–Kier alpha value is -2.61.